The van der Waals surface area contributed by atoms with E-state index in [-0.39, 0.29) is 0 Å². The topological polar surface area (TPSA) is 42.2 Å². The van der Waals surface area contributed by atoms with Gasteiger partial charge in [0, 0.05) is 16.5 Å². The summed E-state index contributed by atoms with van der Waals surface area (Å²) in [5.41, 5.74) is 0.977. The number of nitriles is 1. The Morgan fingerprint density at radius 1 is 1.33 bits per heavy atom. The Morgan fingerprint density at radius 2 is 2.07 bits per heavy atom. The van der Waals surface area contributed by atoms with E-state index in [1.807, 2.05) is 12.1 Å². The van der Waals surface area contributed by atoms with Crippen LogP contribution in [0.2, 0.25) is 0 Å². The number of benzene rings is 1. The maximum Gasteiger partial charge on any atom is 0.164 e. The highest BCUT2D eigenvalue weighted by molar-refractivity contribution is 9.10. The second-order valence-electron chi connectivity index (χ2n) is 2.96. The van der Waals surface area contributed by atoms with Crippen molar-refractivity contribution in [2.45, 2.75) is 12.8 Å². The molecule has 0 unspecified atom stereocenters. The smallest absolute Gasteiger partial charge is 0.164 e. The van der Waals surface area contributed by atoms with Crippen LogP contribution in [0.4, 0.5) is 0 Å². The zero-order valence-electron chi connectivity index (χ0n) is 8.71. The molecule has 1 rings (SSSR count). The summed E-state index contributed by atoms with van der Waals surface area (Å²) in [5, 5.41) is 8.55. The highest BCUT2D eigenvalue weighted by Gasteiger charge is 2.11. The predicted molar refractivity (Wildman–Crippen MR) is 61.2 cm³/mol. The van der Waals surface area contributed by atoms with Gasteiger partial charge in [0.15, 0.2) is 11.5 Å². The van der Waals surface area contributed by atoms with Crippen LogP contribution in [0.1, 0.15) is 12.0 Å². The van der Waals surface area contributed by atoms with E-state index in [2.05, 4.69) is 22.0 Å². The molecule has 0 aliphatic rings. The van der Waals surface area contributed by atoms with Crippen molar-refractivity contribution in [3.8, 4) is 17.6 Å². The molecule has 0 saturated heterocycles. The number of halogens is 1. The van der Waals surface area contributed by atoms with Crippen molar-refractivity contribution in [1.82, 2.24) is 0 Å². The SMILES string of the molecule is COc1cc(Br)cc(CCC#N)c1OC. The minimum absolute atomic E-state index is 0.468. The Hall–Kier alpha value is -1.21. The molecular weight excluding hydrogens is 258 g/mol. The van der Waals surface area contributed by atoms with Gasteiger partial charge >= 0.3 is 0 Å². The van der Waals surface area contributed by atoms with Gasteiger partial charge in [-0.15, -0.1) is 0 Å². The second-order valence-corrected chi connectivity index (χ2v) is 3.87. The average Bonchev–Trinajstić information content (AvgIpc) is 2.25. The highest BCUT2D eigenvalue weighted by atomic mass is 79.9. The first-order valence-electron chi connectivity index (χ1n) is 4.50. The average molecular weight is 270 g/mol. The van der Waals surface area contributed by atoms with Crippen LogP contribution in [0.3, 0.4) is 0 Å². The molecule has 0 atom stereocenters. The van der Waals surface area contributed by atoms with Crippen LogP contribution in [0.25, 0.3) is 0 Å². The summed E-state index contributed by atoms with van der Waals surface area (Å²) in [4.78, 5) is 0. The van der Waals surface area contributed by atoms with Gasteiger partial charge in [-0.3, -0.25) is 0 Å². The van der Waals surface area contributed by atoms with Crippen molar-refractivity contribution in [1.29, 1.82) is 5.26 Å². The van der Waals surface area contributed by atoms with E-state index < -0.39 is 0 Å². The van der Waals surface area contributed by atoms with Crippen molar-refractivity contribution in [3.05, 3.63) is 22.2 Å². The van der Waals surface area contributed by atoms with Gasteiger partial charge in [-0.25, -0.2) is 0 Å². The van der Waals surface area contributed by atoms with E-state index in [9.17, 15) is 0 Å². The van der Waals surface area contributed by atoms with E-state index in [1.165, 1.54) is 0 Å². The zero-order valence-corrected chi connectivity index (χ0v) is 10.3. The van der Waals surface area contributed by atoms with Gasteiger partial charge in [0.25, 0.3) is 0 Å². The number of methoxy groups -OCH3 is 2. The quantitative estimate of drug-likeness (QED) is 0.844. The lowest BCUT2D eigenvalue weighted by Gasteiger charge is -2.12. The van der Waals surface area contributed by atoms with Gasteiger partial charge in [0.05, 0.1) is 20.3 Å². The summed E-state index contributed by atoms with van der Waals surface area (Å²) < 4.78 is 11.4. The minimum Gasteiger partial charge on any atom is -0.493 e. The molecule has 0 fully saturated rings. The molecule has 4 heteroatoms. The molecule has 3 nitrogen and oxygen atoms in total. The van der Waals surface area contributed by atoms with Crippen molar-refractivity contribution >= 4 is 15.9 Å². The first-order chi connectivity index (χ1) is 7.22. The van der Waals surface area contributed by atoms with E-state index in [4.69, 9.17) is 14.7 Å². The molecule has 0 bridgehead atoms. The molecule has 0 spiro atoms. The van der Waals surface area contributed by atoms with Crippen LogP contribution < -0.4 is 9.47 Å². The largest absolute Gasteiger partial charge is 0.493 e. The molecule has 0 heterocycles. The van der Waals surface area contributed by atoms with E-state index in [0.717, 1.165) is 10.0 Å². The Kier molecular flexibility index (Phi) is 4.44. The van der Waals surface area contributed by atoms with E-state index in [1.54, 1.807) is 14.2 Å². The Balaban J connectivity index is 3.11. The summed E-state index contributed by atoms with van der Waals surface area (Å²) in [6.45, 7) is 0. The van der Waals surface area contributed by atoms with Crippen LogP contribution in [0.15, 0.2) is 16.6 Å². The van der Waals surface area contributed by atoms with Crippen LogP contribution >= 0.6 is 15.9 Å². The van der Waals surface area contributed by atoms with Gasteiger partial charge in [-0.05, 0) is 18.6 Å². The second kappa shape index (κ2) is 5.62. The van der Waals surface area contributed by atoms with Crippen LogP contribution in [0, 0.1) is 11.3 Å². The number of nitrogens with zero attached hydrogens (tertiary/aromatic N) is 1. The number of rotatable bonds is 4. The molecule has 15 heavy (non-hydrogen) atoms. The predicted octanol–water partition coefficient (Wildman–Crippen LogP) is 2.92. The molecule has 0 aliphatic carbocycles. The highest BCUT2D eigenvalue weighted by Crippen LogP contribution is 2.35. The fourth-order valence-corrected chi connectivity index (χ4v) is 1.87. The van der Waals surface area contributed by atoms with Gasteiger partial charge in [-0.2, -0.15) is 5.26 Å². The monoisotopic (exact) mass is 269 g/mol. The fraction of sp³-hybridized carbons (Fsp3) is 0.364. The van der Waals surface area contributed by atoms with Crippen molar-refractivity contribution in [3.63, 3.8) is 0 Å². The molecule has 0 amide bonds. The zero-order chi connectivity index (χ0) is 11.3. The molecule has 0 aromatic heterocycles. The number of hydrogen-bond acceptors (Lipinski definition) is 3. The lowest BCUT2D eigenvalue weighted by molar-refractivity contribution is 0.351. The molecule has 80 valence electrons. The lowest BCUT2D eigenvalue weighted by Crippen LogP contribution is -1.96. The van der Waals surface area contributed by atoms with Crippen LogP contribution in [0.5, 0.6) is 11.5 Å². The van der Waals surface area contributed by atoms with Gasteiger partial charge < -0.3 is 9.47 Å². The van der Waals surface area contributed by atoms with Gasteiger partial charge in [0.1, 0.15) is 0 Å². The summed E-state index contributed by atoms with van der Waals surface area (Å²) in [5.74, 6) is 1.38. The lowest BCUT2D eigenvalue weighted by atomic mass is 10.1. The third-order valence-electron chi connectivity index (χ3n) is 2.03. The van der Waals surface area contributed by atoms with E-state index in [0.29, 0.717) is 24.3 Å². The standard InChI is InChI=1S/C11H12BrNO2/c1-14-10-7-9(12)6-8(4-3-5-13)11(10)15-2/h6-7H,3-4H2,1-2H3. The fourth-order valence-electron chi connectivity index (χ4n) is 1.38. The third kappa shape index (κ3) is 2.87. The maximum atomic E-state index is 8.55. The van der Waals surface area contributed by atoms with Crippen molar-refractivity contribution in [2.24, 2.45) is 0 Å². The van der Waals surface area contributed by atoms with Gasteiger partial charge in [-0.1, -0.05) is 15.9 Å². The normalized spacial score (nSPS) is 9.47. The molecule has 0 saturated carbocycles. The summed E-state index contributed by atoms with van der Waals surface area (Å²) in [7, 11) is 3.19. The number of aryl methyl sites for hydroxylation is 1. The molecule has 0 aliphatic heterocycles. The summed E-state index contributed by atoms with van der Waals surface area (Å²) in [6, 6.07) is 5.90. The maximum absolute atomic E-state index is 8.55. The molecular formula is C11H12BrNO2. The Labute approximate surface area is 97.7 Å². The van der Waals surface area contributed by atoms with E-state index >= 15 is 0 Å². The molecule has 1 aromatic carbocycles. The summed E-state index contributed by atoms with van der Waals surface area (Å²) >= 11 is 3.39. The Morgan fingerprint density at radius 3 is 2.60 bits per heavy atom. The number of ether oxygens (including phenoxy) is 2. The summed E-state index contributed by atoms with van der Waals surface area (Å²) in [6.07, 6.45) is 1.13. The molecule has 0 radical (unpaired) electrons. The third-order valence-corrected chi connectivity index (χ3v) is 2.48. The number of hydrogen-bond donors (Lipinski definition) is 0. The molecule has 1 aromatic rings. The first kappa shape index (κ1) is 11.9. The molecule has 0 N–H and O–H groups in total. The van der Waals surface area contributed by atoms with Crippen molar-refractivity contribution in [2.75, 3.05) is 14.2 Å². The minimum atomic E-state index is 0.468. The Bertz CT molecular complexity index is 385. The van der Waals surface area contributed by atoms with Crippen molar-refractivity contribution < 1.29 is 9.47 Å². The van der Waals surface area contributed by atoms with Gasteiger partial charge in [0.2, 0.25) is 0 Å². The van der Waals surface area contributed by atoms with Crippen LogP contribution in [-0.2, 0) is 6.42 Å². The van der Waals surface area contributed by atoms with Crippen LogP contribution in [-0.4, -0.2) is 14.2 Å². The first-order valence-corrected chi connectivity index (χ1v) is 5.29.